The van der Waals surface area contributed by atoms with Crippen LogP contribution in [0.3, 0.4) is 0 Å². The Morgan fingerprint density at radius 2 is 2.19 bits per heavy atom. The van der Waals surface area contributed by atoms with Crippen LogP contribution >= 0.6 is 23.1 Å². The zero-order valence-corrected chi connectivity index (χ0v) is 18.7. The number of amidine groups is 1. The summed E-state index contributed by atoms with van der Waals surface area (Å²) >= 11 is 2.60. The maximum atomic E-state index is 13.0. The van der Waals surface area contributed by atoms with Gasteiger partial charge < -0.3 is 27.3 Å². The van der Waals surface area contributed by atoms with Crippen molar-refractivity contribution < 1.29 is 19.1 Å². The Kier molecular flexibility index (Phi) is 7.22. The summed E-state index contributed by atoms with van der Waals surface area (Å²) in [7, 11) is 0. The molecule has 0 spiro atoms. The number of aromatic nitrogens is 1. The van der Waals surface area contributed by atoms with E-state index in [1.807, 2.05) is 6.92 Å². The fourth-order valence-electron chi connectivity index (χ4n) is 3.27. The molecule has 15 heteroatoms. The third-order valence-corrected chi connectivity index (χ3v) is 6.61. The first-order chi connectivity index (χ1) is 15.3. The lowest BCUT2D eigenvalue weighted by atomic mass is 10.0. The van der Waals surface area contributed by atoms with Crippen LogP contribution in [0.4, 0.5) is 9.93 Å². The fourth-order valence-corrected chi connectivity index (χ4v) is 5.16. The lowest BCUT2D eigenvalue weighted by Gasteiger charge is -2.50. The van der Waals surface area contributed by atoms with E-state index in [0.717, 1.165) is 0 Å². The van der Waals surface area contributed by atoms with Crippen molar-refractivity contribution in [2.45, 2.75) is 24.8 Å². The van der Waals surface area contributed by atoms with Crippen molar-refractivity contribution >= 4 is 57.5 Å². The number of hydrogen-bond acceptors (Lipinski definition) is 11. The van der Waals surface area contributed by atoms with Gasteiger partial charge >= 0.3 is 6.09 Å². The number of allylic oxidation sites excluding steroid dienone is 1. The minimum atomic E-state index is -0.963. The number of nitrogens with zero attached hydrogens (tertiary/aromatic N) is 3. The summed E-state index contributed by atoms with van der Waals surface area (Å²) in [5.41, 5.74) is 20.4. The first kappa shape index (κ1) is 23.4. The van der Waals surface area contributed by atoms with Gasteiger partial charge in [-0.3, -0.25) is 14.5 Å². The van der Waals surface area contributed by atoms with E-state index in [1.165, 1.54) is 28.0 Å². The number of carbonyl (C=O) groups is 3. The van der Waals surface area contributed by atoms with Gasteiger partial charge in [0.1, 0.15) is 18.0 Å². The number of β-lactam (4-membered cyclic amide) rings is 1. The molecular formula is C17H23N9O4S2. The predicted molar refractivity (Wildman–Crippen MR) is 121 cm³/mol. The highest BCUT2D eigenvalue weighted by Crippen LogP contribution is 2.40. The number of fused-ring (bicyclic) bond motifs is 1. The van der Waals surface area contributed by atoms with E-state index in [9.17, 15) is 14.4 Å². The molecule has 3 rings (SSSR count). The van der Waals surface area contributed by atoms with Crippen molar-refractivity contribution in [3.05, 3.63) is 28.4 Å². The predicted octanol–water partition coefficient (Wildman–Crippen LogP) is -0.996. The summed E-state index contributed by atoms with van der Waals surface area (Å²) in [5, 5.41) is 8.09. The largest absolute Gasteiger partial charge is 0.445 e. The van der Waals surface area contributed by atoms with Gasteiger partial charge in [0.05, 0.1) is 17.0 Å². The monoisotopic (exact) mass is 481 g/mol. The molecule has 3 heterocycles. The Balaban J connectivity index is 1.81. The smallest absolute Gasteiger partial charge is 0.404 e. The molecule has 32 heavy (non-hydrogen) atoms. The van der Waals surface area contributed by atoms with Gasteiger partial charge in [0.15, 0.2) is 11.0 Å². The van der Waals surface area contributed by atoms with Crippen LogP contribution in [0.15, 0.2) is 27.8 Å². The number of primary amides is 1. The Labute approximate surface area is 191 Å². The molecule has 13 nitrogen and oxygen atoms in total. The highest BCUT2D eigenvalue weighted by atomic mass is 32.2. The Morgan fingerprint density at radius 1 is 1.44 bits per heavy atom. The van der Waals surface area contributed by atoms with Crippen LogP contribution in [-0.4, -0.2) is 57.4 Å². The van der Waals surface area contributed by atoms with E-state index in [4.69, 9.17) is 27.8 Å². The zero-order chi connectivity index (χ0) is 23.4. The number of hydrazine groups is 1. The third kappa shape index (κ3) is 4.63. The number of amides is 3. The molecule has 1 fully saturated rings. The van der Waals surface area contributed by atoms with Crippen LogP contribution < -0.4 is 33.9 Å². The topological polar surface area (TPSA) is 217 Å². The summed E-state index contributed by atoms with van der Waals surface area (Å²) in [6, 6.07) is -0.795. The van der Waals surface area contributed by atoms with E-state index in [2.05, 4.69) is 20.9 Å². The van der Waals surface area contributed by atoms with E-state index in [0.29, 0.717) is 34.1 Å². The van der Waals surface area contributed by atoms with Crippen LogP contribution in [0.1, 0.15) is 19.0 Å². The molecule has 3 amide bonds. The van der Waals surface area contributed by atoms with Crippen molar-refractivity contribution in [1.82, 2.24) is 20.7 Å². The molecule has 172 valence electrons. The number of carbonyl (C=O) groups excluding carboxylic acids is 3. The van der Waals surface area contributed by atoms with Crippen molar-refractivity contribution in [2.24, 2.45) is 22.4 Å². The molecule has 0 aromatic carbocycles. The van der Waals surface area contributed by atoms with Crippen molar-refractivity contribution in [3.8, 4) is 0 Å². The number of nitrogens with one attached hydrogen (secondary N) is 2. The molecule has 10 N–H and O–H groups in total. The van der Waals surface area contributed by atoms with Crippen molar-refractivity contribution in [3.63, 3.8) is 0 Å². The SMILES string of the molecule is CC/C=C(\C(=O)N[C@@H]1C(=O)N2C(/C(N)=N/NN)=C(COC(N)=O)CS[C@H]12)c1csc(N)n1. The van der Waals surface area contributed by atoms with Gasteiger partial charge in [0.25, 0.3) is 11.8 Å². The summed E-state index contributed by atoms with van der Waals surface area (Å²) in [6.45, 7) is 1.72. The van der Waals surface area contributed by atoms with Gasteiger partial charge in [0, 0.05) is 16.7 Å². The van der Waals surface area contributed by atoms with Crippen molar-refractivity contribution in [1.29, 1.82) is 0 Å². The van der Waals surface area contributed by atoms with Crippen LogP contribution in [0.2, 0.25) is 0 Å². The number of thiazole rings is 1. The Hall–Kier alpha value is -3.30. The van der Waals surface area contributed by atoms with Crippen molar-refractivity contribution in [2.75, 3.05) is 18.1 Å². The number of nitrogens with two attached hydrogens (primary N) is 4. The first-order valence-electron chi connectivity index (χ1n) is 9.38. The quantitative estimate of drug-likeness (QED) is 0.0664. The average molecular weight is 482 g/mol. The summed E-state index contributed by atoms with van der Waals surface area (Å²) in [4.78, 5) is 42.5. The highest BCUT2D eigenvalue weighted by Gasteiger charge is 2.53. The second kappa shape index (κ2) is 9.88. The number of rotatable bonds is 8. The number of ether oxygens (including phenoxy) is 1. The number of hydrazone groups is 1. The highest BCUT2D eigenvalue weighted by molar-refractivity contribution is 8.00. The lowest BCUT2D eigenvalue weighted by molar-refractivity contribution is -0.144. The van der Waals surface area contributed by atoms with Gasteiger partial charge in [-0.2, -0.15) is 0 Å². The molecule has 1 aromatic heterocycles. The Morgan fingerprint density at radius 3 is 2.78 bits per heavy atom. The van der Waals surface area contributed by atoms with E-state index < -0.39 is 29.3 Å². The van der Waals surface area contributed by atoms with Crippen LogP contribution in [0.5, 0.6) is 0 Å². The number of thioether (sulfide) groups is 1. The first-order valence-corrected chi connectivity index (χ1v) is 11.3. The van der Waals surface area contributed by atoms with E-state index in [-0.39, 0.29) is 18.1 Å². The summed E-state index contributed by atoms with van der Waals surface area (Å²) in [6.07, 6.45) is 1.36. The van der Waals surface area contributed by atoms with E-state index in [1.54, 1.807) is 11.5 Å². The molecular weight excluding hydrogens is 458 g/mol. The fraction of sp³-hybridized carbons (Fsp3) is 0.353. The van der Waals surface area contributed by atoms with E-state index >= 15 is 0 Å². The Bertz CT molecular complexity index is 1020. The standard InChI is InChI=1S/C17H23N9O4S2/c1-2-3-8(9-6-32-16(19)22-9)13(27)23-10-14(28)26-11(12(18)24-25-21)7(4-30-17(20)29)5-31-15(10)26/h3,6,10,15,25H,2,4-5,21H2,1H3,(H2,18,24)(H2,19,22)(H2,20,29)(H,23,27)/b8-3-/t10-,15-/m1/s1. The molecule has 2 aliphatic heterocycles. The van der Waals surface area contributed by atoms with Gasteiger partial charge in [-0.05, 0) is 6.42 Å². The molecule has 0 radical (unpaired) electrons. The maximum Gasteiger partial charge on any atom is 0.404 e. The molecule has 2 atom stereocenters. The van der Waals surface area contributed by atoms with Gasteiger partial charge in [-0.1, -0.05) is 13.0 Å². The van der Waals surface area contributed by atoms with Gasteiger partial charge in [-0.25, -0.2) is 21.2 Å². The van der Waals surface area contributed by atoms with Crippen LogP contribution in [-0.2, 0) is 14.3 Å². The second-order valence-electron chi connectivity index (χ2n) is 6.64. The normalized spacial score (nSPS) is 21.1. The van der Waals surface area contributed by atoms with Crippen LogP contribution in [0, 0.1) is 0 Å². The molecule has 2 aliphatic rings. The minimum absolute atomic E-state index is 0.0662. The third-order valence-electron chi connectivity index (χ3n) is 4.60. The zero-order valence-electron chi connectivity index (χ0n) is 17.0. The lowest BCUT2D eigenvalue weighted by Crippen LogP contribution is -2.71. The molecule has 1 aromatic rings. The van der Waals surface area contributed by atoms with Gasteiger partial charge in [-0.15, -0.1) is 28.2 Å². The molecule has 0 aliphatic carbocycles. The maximum absolute atomic E-state index is 13.0. The summed E-state index contributed by atoms with van der Waals surface area (Å²) < 4.78 is 4.86. The molecule has 0 unspecified atom stereocenters. The minimum Gasteiger partial charge on any atom is -0.445 e. The number of anilines is 1. The van der Waals surface area contributed by atoms with Crippen LogP contribution in [0.25, 0.3) is 5.57 Å². The molecule has 0 bridgehead atoms. The molecule has 0 saturated carbocycles. The second-order valence-corrected chi connectivity index (χ2v) is 8.64. The molecule has 1 saturated heterocycles. The van der Waals surface area contributed by atoms with Gasteiger partial charge in [0.2, 0.25) is 0 Å². The summed E-state index contributed by atoms with van der Waals surface area (Å²) in [5.74, 6) is 4.68. The average Bonchev–Trinajstić information content (AvgIpc) is 3.19. The number of nitrogen functional groups attached to an aromatic ring is 1. The number of hydrogen-bond donors (Lipinski definition) is 6.